The van der Waals surface area contributed by atoms with Crippen LogP contribution in [0, 0.1) is 0 Å². The van der Waals surface area contributed by atoms with Crippen LogP contribution in [0.15, 0.2) is 70.6 Å². The molecule has 0 radical (unpaired) electrons. The van der Waals surface area contributed by atoms with E-state index in [9.17, 15) is 8.42 Å². The molecular weight excluding hydrogens is 513 g/mol. The van der Waals surface area contributed by atoms with Crippen molar-refractivity contribution in [1.82, 2.24) is 10.6 Å². The summed E-state index contributed by atoms with van der Waals surface area (Å²) in [5.74, 6) is 0.768. The minimum Gasteiger partial charge on any atom is -0.374 e. The Kier molecular flexibility index (Phi) is 12.6. The van der Waals surface area contributed by atoms with E-state index in [2.05, 4.69) is 27.8 Å². The maximum absolute atomic E-state index is 12.3. The quantitative estimate of drug-likeness (QED) is 0.194. The van der Waals surface area contributed by atoms with Gasteiger partial charge in [0.05, 0.1) is 16.8 Å². The minimum absolute atomic E-state index is 0. The molecular formula is C22H32IN3O3S. The molecule has 2 aromatic carbocycles. The lowest BCUT2D eigenvalue weighted by molar-refractivity contribution is 0.0646. The highest BCUT2D eigenvalue weighted by atomic mass is 127. The van der Waals surface area contributed by atoms with Crippen LogP contribution in [0.25, 0.3) is 0 Å². The summed E-state index contributed by atoms with van der Waals surface area (Å²) in [6.45, 7) is 3.96. The molecule has 0 heterocycles. The molecule has 0 bridgehead atoms. The number of halogens is 1. The van der Waals surface area contributed by atoms with Crippen LogP contribution >= 0.6 is 24.0 Å². The van der Waals surface area contributed by atoms with Crippen molar-refractivity contribution in [2.75, 3.05) is 32.5 Å². The van der Waals surface area contributed by atoms with Crippen molar-refractivity contribution < 1.29 is 13.2 Å². The summed E-state index contributed by atoms with van der Waals surface area (Å²) in [7, 11) is -1.54. The van der Waals surface area contributed by atoms with E-state index in [0.29, 0.717) is 30.4 Å². The predicted octanol–water partition coefficient (Wildman–Crippen LogP) is 3.80. The van der Waals surface area contributed by atoms with Gasteiger partial charge in [-0.1, -0.05) is 48.5 Å². The Morgan fingerprint density at radius 1 is 0.967 bits per heavy atom. The number of nitrogens with zero attached hydrogens (tertiary/aromatic N) is 1. The smallest absolute Gasteiger partial charge is 0.190 e. The van der Waals surface area contributed by atoms with E-state index in [1.54, 1.807) is 31.3 Å². The predicted molar refractivity (Wildman–Crippen MR) is 133 cm³/mol. The topological polar surface area (TPSA) is 79.8 Å². The van der Waals surface area contributed by atoms with Crippen molar-refractivity contribution in [3.05, 3.63) is 66.2 Å². The van der Waals surface area contributed by atoms with Crippen molar-refractivity contribution in [1.29, 1.82) is 0 Å². The second-order valence-electron chi connectivity index (χ2n) is 6.69. The number of benzene rings is 2. The molecule has 2 rings (SSSR count). The first-order chi connectivity index (χ1) is 14.0. The Hall–Kier alpha value is -1.65. The van der Waals surface area contributed by atoms with Gasteiger partial charge < -0.3 is 15.4 Å². The fourth-order valence-corrected chi connectivity index (χ4v) is 4.13. The van der Waals surface area contributed by atoms with Crippen LogP contribution in [0.4, 0.5) is 0 Å². The van der Waals surface area contributed by atoms with Crippen molar-refractivity contribution in [2.45, 2.75) is 30.8 Å². The highest BCUT2D eigenvalue weighted by Crippen LogP contribution is 2.15. The Morgan fingerprint density at radius 3 is 2.13 bits per heavy atom. The molecule has 0 aromatic heterocycles. The maximum Gasteiger partial charge on any atom is 0.190 e. The molecule has 8 heteroatoms. The summed E-state index contributed by atoms with van der Waals surface area (Å²) in [4.78, 5) is 4.53. The molecule has 2 aromatic rings. The lowest BCUT2D eigenvalue weighted by Gasteiger charge is -2.15. The Balaban J connectivity index is 0.00000450. The zero-order valence-corrected chi connectivity index (χ0v) is 20.7. The molecule has 0 saturated heterocycles. The Bertz CT molecular complexity index is 846. The molecule has 0 aliphatic carbocycles. The van der Waals surface area contributed by atoms with Crippen molar-refractivity contribution >= 4 is 39.8 Å². The van der Waals surface area contributed by atoms with E-state index >= 15 is 0 Å². The van der Waals surface area contributed by atoms with Crippen LogP contribution < -0.4 is 10.6 Å². The summed E-state index contributed by atoms with van der Waals surface area (Å²) < 4.78 is 30.4. The zero-order chi connectivity index (χ0) is 21.0. The molecule has 0 aliphatic heterocycles. The minimum atomic E-state index is -3.24. The van der Waals surface area contributed by atoms with Gasteiger partial charge in [-0.3, -0.25) is 4.99 Å². The Labute approximate surface area is 197 Å². The van der Waals surface area contributed by atoms with Crippen LogP contribution in [0.2, 0.25) is 0 Å². The van der Waals surface area contributed by atoms with Gasteiger partial charge in [0, 0.05) is 26.7 Å². The molecule has 1 atom stereocenters. The number of rotatable bonds is 11. The number of hydrogen-bond acceptors (Lipinski definition) is 4. The fraction of sp³-hybridized carbons (Fsp3) is 0.409. The molecule has 0 fully saturated rings. The average molecular weight is 545 g/mol. The highest BCUT2D eigenvalue weighted by Gasteiger charge is 2.13. The SMILES string of the molecule is CN=C(NCCCOC(C)c1ccccc1)NCCCS(=O)(=O)c1ccccc1.I. The average Bonchev–Trinajstić information content (AvgIpc) is 2.76. The molecule has 6 nitrogen and oxygen atoms in total. The van der Waals surface area contributed by atoms with Crippen molar-refractivity contribution in [3.63, 3.8) is 0 Å². The first-order valence-corrected chi connectivity index (χ1v) is 11.6. The van der Waals surface area contributed by atoms with E-state index in [1.807, 2.05) is 31.2 Å². The van der Waals surface area contributed by atoms with E-state index in [4.69, 9.17) is 4.74 Å². The molecule has 166 valence electrons. The highest BCUT2D eigenvalue weighted by molar-refractivity contribution is 14.0. The van der Waals surface area contributed by atoms with E-state index < -0.39 is 9.84 Å². The number of aliphatic imine (C=N–C) groups is 1. The standard InChI is InChI=1S/C22H31N3O3S.HI/c1-19(20-11-5-3-6-12-20)28-17-9-15-24-22(23-2)25-16-10-18-29(26,27)21-13-7-4-8-14-21;/h3-8,11-14,19H,9-10,15-18H2,1-2H3,(H2,23,24,25);1H. The molecule has 1 unspecified atom stereocenters. The van der Waals surface area contributed by atoms with E-state index in [-0.39, 0.29) is 35.8 Å². The number of hydrogen-bond donors (Lipinski definition) is 2. The van der Waals surface area contributed by atoms with Gasteiger partial charge in [0.15, 0.2) is 15.8 Å². The fourth-order valence-electron chi connectivity index (χ4n) is 2.79. The van der Waals surface area contributed by atoms with Gasteiger partial charge in [0.1, 0.15) is 0 Å². The molecule has 0 amide bonds. The second kappa shape index (κ2) is 14.4. The first kappa shape index (κ1) is 26.4. The van der Waals surface area contributed by atoms with Gasteiger partial charge in [-0.25, -0.2) is 8.42 Å². The van der Waals surface area contributed by atoms with Crippen molar-refractivity contribution in [3.8, 4) is 0 Å². The third-order valence-electron chi connectivity index (χ3n) is 4.46. The third-order valence-corrected chi connectivity index (χ3v) is 6.28. The Morgan fingerprint density at radius 2 is 1.53 bits per heavy atom. The largest absolute Gasteiger partial charge is 0.374 e. The normalized spacial score (nSPS) is 12.7. The molecule has 2 N–H and O–H groups in total. The van der Waals surface area contributed by atoms with Gasteiger partial charge >= 0.3 is 0 Å². The molecule has 0 spiro atoms. The maximum atomic E-state index is 12.3. The van der Waals surface area contributed by atoms with Crippen LogP contribution in [0.5, 0.6) is 0 Å². The summed E-state index contributed by atoms with van der Waals surface area (Å²) in [5.41, 5.74) is 1.17. The number of ether oxygens (including phenoxy) is 1. The first-order valence-electron chi connectivity index (χ1n) is 9.92. The summed E-state index contributed by atoms with van der Waals surface area (Å²) in [5, 5.41) is 6.37. The van der Waals surface area contributed by atoms with Crippen LogP contribution in [0.3, 0.4) is 0 Å². The van der Waals surface area contributed by atoms with Gasteiger partial charge in [-0.2, -0.15) is 0 Å². The number of nitrogens with one attached hydrogen (secondary N) is 2. The van der Waals surface area contributed by atoms with Gasteiger partial charge in [0.25, 0.3) is 0 Å². The summed E-state index contributed by atoms with van der Waals surface area (Å²) in [6, 6.07) is 18.7. The van der Waals surface area contributed by atoms with Crippen LogP contribution in [0.1, 0.15) is 31.4 Å². The molecule has 30 heavy (non-hydrogen) atoms. The number of sulfone groups is 1. The van der Waals surface area contributed by atoms with Crippen molar-refractivity contribution in [2.24, 2.45) is 4.99 Å². The van der Waals surface area contributed by atoms with E-state index in [0.717, 1.165) is 13.0 Å². The lowest BCUT2D eigenvalue weighted by Crippen LogP contribution is -2.38. The van der Waals surface area contributed by atoms with Crippen LogP contribution in [-0.4, -0.2) is 46.9 Å². The van der Waals surface area contributed by atoms with Crippen LogP contribution in [-0.2, 0) is 14.6 Å². The number of guanidine groups is 1. The van der Waals surface area contributed by atoms with E-state index in [1.165, 1.54) is 5.56 Å². The zero-order valence-electron chi connectivity index (χ0n) is 17.6. The molecule has 0 saturated carbocycles. The molecule has 0 aliphatic rings. The van der Waals surface area contributed by atoms with Gasteiger partial charge in [-0.15, -0.1) is 24.0 Å². The summed E-state index contributed by atoms with van der Waals surface area (Å²) >= 11 is 0. The lowest BCUT2D eigenvalue weighted by atomic mass is 10.1. The monoisotopic (exact) mass is 545 g/mol. The summed E-state index contributed by atoms with van der Waals surface area (Å²) in [6.07, 6.45) is 1.43. The van der Waals surface area contributed by atoms with Gasteiger partial charge in [0.2, 0.25) is 0 Å². The third kappa shape index (κ3) is 9.44. The second-order valence-corrected chi connectivity index (χ2v) is 8.80. The van der Waals surface area contributed by atoms with Gasteiger partial charge in [-0.05, 0) is 37.5 Å².